The van der Waals surface area contributed by atoms with Crippen molar-refractivity contribution in [2.24, 2.45) is 0 Å². The second-order valence-corrected chi connectivity index (χ2v) is 5.75. The number of likely N-dealkylation sites (tertiary alicyclic amines) is 1. The standard InChI is InChI=1S/C17H21N3O3/c1-13(21)20-10-6-5-9-15(20)17-18-16(23-19-17)12-22-11-14-7-3-2-4-8-14/h2-4,7-8,15H,5-6,9-12H2,1H3. The molecule has 1 saturated heterocycles. The van der Waals surface area contributed by atoms with Crippen molar-refractivity contribution in [1.82, 2.24) is 15.0 Å². The number of amides is 1. The Morgan fingerprint density at radius 3 is 2.91 bits per heavy atom. The van der Waals surface area contributed by atoms with Gasteiger partial charge >= 0.3 is 0 Å². The maximum atomic E-state index is 11.7. The summed E-state index contributed by atoms with van der Waals surface area (Å²) in [5, 5.41) is 4.04. The molecule has 0 bridgehead atoms. The Morgan fingerprint density at radius 2 is 2.13 bits per heavy atom. The van der Waals surface area contributed by atoms with Gasteiger partial charge in [0.1, 0.15) is 6.61 Å². The molecule has 0 aliphatic carbocycles. The highest BCUT2D eigenvalue weighted by molar-refractivity contribution is 5.73. The van der Waals surface area contributed by atoms with E-state index in [4.69, 9.17) is 9.26 Å². The molecule has 6 nitrogen and oxygen atoms in total. The Balaban J connectivity index is 1.58. The van der Waals surface area contributed by atoms with Crippen LogP contribution in [0, 0.1) is 0 Å². The largest absolute Gasteiger partial charge is 0.367 e. The zero-order valence-electron chi connectivity index (χ0n) is 13.3. The lowest BCUT2D eigenvalue weighted by Crippen LogP contribution is -2.37. The van der Waals surface area contributed by atoms with E-state index in [1.54, 1.807) is 6.92 Å². The smallest absolute Gasteiger partial charge is 0.252 e. The third-order valence-electron chi connectivity index (χ3n) is 4.03. The van der Waals surface area contributed by atoms with Crippen molar-refractivity contribution in [3.63, 3.8) is 0 Å². The monoisotopic (exact) mass is 315 g/mol. The molecule has 23 heavy (non-hydrogen) atoms. The molecule has 0 saturated carbocycles. The Morgan fingerprint density at radius 1 is 1.30 bits per heavy atom. The van der Waals surface area contributed by atoms with Gasteiger partial charge in [0.25, 0.3) is 5.89 Å². The fourth-order valence-corrected chi connectivity index (χ4v) is 2.87. The van der Waals surface area contributed by atoms with E-state index < -0.39 is 0 Å². The third-order valence-corrected chi connectivity index (χ3v) is 4.03. The summed E-state index contributed by atoms with van der Waals surface area (Å²) in [4.78, 5) is 18.0. The molecule has 0 N–H and O–H groups in total. The van der Waals surface area contributed by atoms with Gasteiger partial charge in [0.15, 0.2) is 5.82 Å². The molecule has 2 heterocycles. The lowest BCUT2D eigenvalue weighted by Gasteiger charge is -2.32. The molecule has 0 radical (unpaired) electrons. The molecule has 1 aromatic heterocycles. The molecule has 1 aliphatic heterocycles. The van der Waals surface area contributed by atoms with E-state index in [2.05, 4.69) is 10.1 Å². The highest BCUT2D eigenvalue weighted by Crippen LogP contribution is 2.29. The summed E-state index contributed by atoms with van der Waals surface area (Å²) in [6.07, 6.45) is 2.98. The van der Waals surface area contributed by atoms with Gasteiger partial charge in [-0.15, -0.1) is 0 Å². The summed E-state index contributed by atoms with van der Waals surface area (Å²) in [5.41, 5.74) is 1.10. The van der Waals surface area contributed by atoms with E-state index in [9.17, 15) is 4.79 Å². The maximum absolute atomic E-state index is 11.7. The zero-order chi connectivity index (χ0) is 16.1. The van der Waals surface area contributed by atoms with Crippen molar-refractivity contribution in [2.45, 2.75) is 45.4 Å². The molecule has 1 aliphatic rings. The molecule has 1 aromatic carbocycles. The van der Waals surface area contributed by atoms with Crippen LogP contribution in [0.5, 0.6) is 0 Å². The van der Waals surface area contributed by atoms with Crippen LogP contribution in [-0.4, -0.2) is 27.5 Å². The summed E-state index contributed by atoms with van der Waals surface area (Å²) in [6, 6.07) is 9.86. The van der Waals surface area contributed by atoms with E-state index in [1.807, 2.05) is 35.2 Å². The predicted octanol–water partition coefficient (Wildman–Crippen LogP) is 2.86. The van der Waals surface area contributed by atoms with Crippen LogP contribution in [0.4, 0.5) is 0 Å². The minimum absolute atomic E-state index is 0.0568. The first-order valence-corrected chi connectivity index (χ1v) is 7.95. The van der Waals surface area contributed by atoms with Crippen LogP contribution in [0.25, 0.3) is 0 Å². The van der Waals surface area contributed by atoms with Crippen molar-refractivity contribution in [3.8, 4) is 0 Å². The topological polar surface area (TPSA) is 68.5 Å². The molecule has 6 heteroatoms. The van der Waals surface area contributed by atoms with Crippen LogP contribution in [0.2, 0.25) is 0 Å². The minimum atomic E-state index is -0.0760. The summed E-state index contributed by atoms with van der Waals surface area (Å²) in [6.45, 7) is 3.12. The minimum Gasteiger partial charge on any atom is -0.367 e. The Labute approximate surface area is 135 Å². The van der Waals surface area contributed by atoms with E-state index in [0.29, 0.717) is 18.3 Å². The van der Waals surface area contributed by atoms with Crippen molar-refractivity contribution < 1.29 is 14.1 Å². The van der Waals surface area contributed by atoms with E-state index in [1.165, 1.54) is 0 Å². The molecule has 1 unspecified atom stereocenters. The van der Waals surface area contributed by atoms with Gasteiger partial charge < -0.3 is 14.2 Å². The number of carbonyl (C=O) groups excluding carboxylic acids is 1. The van der Waals surface area contributed by atoms with Crippen LogP contribution in [0.15, 0.2) is 34.9 Å². The summed E-state index contributed by atoms with van der Waals surface area (Å²) in [7, 11) is 0. The highest BCUT2D eigenvalue weighted by atomic mass is 16.5. The normalized spacial score (nSPS) is 18.1. The van der Waals surface area contributed by atoms with Crippen LogP contribution in [-0.2, 0) is 22.7 Å². The molecule has 1 fully saturated rings. The lowest BCUT2D eigenvalue weighted by atomic mass is 10.0. The second-order valence-electron chi connectivity index (χ2n) is 5.75. The van der Waals surface area contributed by atoms with Crippen molar-refractivity contribution >= 4 is 5.91 Å². The lowest BCUT2D eigenvalue weighted by molar-refractivity contribution is -0.132. The van der Waals surface area contributed by atoms with E-state index in [0.717, 1.165) is 31.4 Å². The zero-order valence-corrected chi connectivity index (χ0v) is 13.3. The first-order valence-electron chi connectivity index (χ1n) is 7.95. The summed E-state index contributed by atoms with van der Waals surface area (Å²) < 4.78 is 10.9. The van der Waals surface area contributed by atoms with Crippen LogP contribution >= 0.6 is 0 Å². The predicted molar refractivity (Wildman–Crippen MR) is 83.2 cm³/mol. The number of rotatable bonds is 5. The fourth-order valence-electron chi connectivity index (χ4n) is 2.87. The average molecular weight is 315 g/mol. The molecule has 1 atom stereocenters. The summed E-state index contributed by atoms with van der Waals surface area (Å²) in [5.74, 6) is 1.09. The van der Waals surface area contributed by atoms with E-state index in [-0.39, 0.29) is 18.6 Å². The molecule has 2 aromatic rings. The quantitative estimate of drug-likeness (QED) is 0.848. The van der Waals surface area contributed by atoms with Crippen molar-refractivity contribution in [3.05, 3.63) is 47.6 Å². The number of aromatic nitrogens is 2. The SMILES string of the molecule is CC(=O)N1CCCCC1c1noc(COCc2ccccc2)n1. The number of hydrogen-bond acceptors (Lipinski definition) is 5. The molecule has 1 amide bonds. The van der Waals surface area contributed by atoms with Gasteiger partial charge in [-0.25, -0.2) is 0 Å². The fraction of sp³-hybridized carbons (Fsp3) is 0.471. The van der Waals surface area contributed by atoms with Gasteiger partial charge in [-0.05, 0) is 24.8 Å². The van der Waals surface area contributed by atoms with Gasteiger partial charge in [-0.2, -0.15) is 4.98 Å². The molecular weight excluding hydrogens is 294 g/mol. The molecule has 0 spiro atoms. The van der Waals surface area contributed by atoms with Crippen LogP contribution in [0.3, 0.4) is 0 Å². The molecular formula is C17H21N3O3. The van der Waals surface area contributed by atoms with Crippen molar-refractivity contribution in [1.29, 1.82) is 0 Å². The summed E-state index contributed by atoms with van der Waals surface area (Å²) >= 11 is 0. The number of hydrogen-bond donors (Lipinski definition) is 0. The number of benzene rings is 1. The maximum Gasteiger partial charge on any atom is 0.252 e. The first kappa shape index (κ1) is 15.7. The Kier molecular flexibility index (Phi) is 5.02. The van der Waals surface area contributed by atoms with Gasteiger partial charge in [0.2, 0.25) is 5.91 Å². The number of carbonyl (C=O) groups is 1. The number of ether oxygens (including phenoxy) is 1. The number of piperidine rings is 1. The second kappa shape index (κ2) is 7.37. The highest BCUT2D eigenvalue weighted by Gasteiger charge is 2.29. The van der Waals surface area contributed by atoms with E-state index >= 15 is 0 Å². The van der Waals surface area contributed by atoms with Crippen LogP contribution in [0.1, 0.15) is 49.5 Å². The van der Waals surface area contributed by atoms with Gasteiger partial charge in [-0.3, -0.25) is 4.79 Å². The number of nitrogens with zero attached hydrogens (tertiary/aromatic N) is 3. The van der Waals surface area contributed by atoms with Gasteiger partial charge in [0.05, 0.1) is 12.6 Å². The molecule has 122 valence electrons. The van der Waals surface area contributed by atoms with Crippen molar-refractivity contribution in [2.75, 3.05) is 6.54 Å². The van der Waals surface area contributed by atoms with Crippen LogP contribution < -0.4 is 0 Å². The van der Waals surface area contributed by atoms with Gasteiger partial charge in [-0.1, -0.05) is 35.5 Å². The van der Waals surface area contributed by atoms with Gasteiger partial charge in [0, 0.05) is 13.5 Å². The Hall–Kier alpha value is -2.21. The average Bonchev–Trinajstić information content (AvgIpc) is 3.04. The third kappa shape index (κ3) is 3.96. The molecule has 3 rings (SSSR count). The first-order chi connectivity index (χ1) is 11.2. The Bertz CT molecular complexity index is 642.